The van der Waals surface area contributed by atoms with E-state index in [9.17, 15) is 4.79 Å². The molecule has 2 nitrogen and oxygen atoms in total. The van der Waals surface area contributed by atoms with Gasteiger partial charge in [-0.2, -0.15) is 6.41 Å². The Morgan fingerprint density at radius 2 is 1.75 bits per heavy atom. The van der Waals surface area contributed by atoms with E-state index in [1.54, 1.807) is 6.41 Å². The second-order valence-corrected chi connectivity index (χ2v) is 2.48. The summed E-state index contributed by atoms with van der Waals surface area (Å²) in [5, 5.41) is 2.48. The molecule has 0 unspecified atom stereocenters. The summed E-state index contributed by atoms with van der Waals surface area (Å²) < 4.78 is 0. The zero-order valence-electron chi connectivity index (χ0n) is 5.49. The van der Waals surface area contributed by atoms with E-state index in [1.807, 2.05) is 20.8 Å². The molecule has 1 N–H and O–H groups in total. The summed E-state index contributed by atoms with van der Waals surface area (Å²) in [6.45, 7) is 5.70. The molecule has 8 heavy (non-hydrogen) atoms. The molecular weight excluding hydrogens is 179 g/mol. The largest absolute Gasteiger partial charge is 0.526 e. The van der Waals surface area contributed by atoms with Crippen LogP contribution in [-0.2, 0) is 37.5 Å². The Bertz CT molecular complexity index is 67.3. The van der Waals surface area contributed by atoms with Crippen LogP contribution in [0, 0.1) is 0 Å². The van der Waals surface area contributed by atoms with E-state index in [0.717, 1.165) is 0 Å². The number of nitrogens with one attached hydrogen (secondary N) is 1. The Hall–Kier alpha value is 0.574. The maximum absolute atomic E-state index is 9.58. The van der Waals surface area contributed by atoms with Crippen LogP contribution < -0.4 is 5.32 Å². The summed E-state index contributed by atoms with van der Waals surface area (Å²) >= 11 is 0. The molecule has 0 aromatic rings. The molecule has 0 aliphatic heterocycles. The van der Waals surface area contributed by atoms with Crippen LogP contribution in [0.2, 0.25) is 0 Å². The zero-order valence-corrected chi connectivity index (χ0v) is 8.32. The summed E-state index contributed by atoms with van der Waals surface area (Å²) in [5.74, 6) is 0. The SMILES string of the molecule is CC(C)(C)N[C-]=O.[Y]. The normalized spacial score (nSPS) is 9.38. The predicted octanol–water partition coefficient (Wildman–Crippen LogP) is 0.439. The van der Waals surface area contributed by atoms with E-state index in [-0.39, 0.29) is 38.2 Å². The van der Waals surface area contributed by atoms with Gasteiger partial charge in [-0.05, 0) is 20.8 Å². The molecule has 0 aliphatic rings. The van der Waals surface area contributed by atoms with Crippen LogP contribution in [0.25, 0.3) is 0 Å². The molecule has 0 saturated carbocycles. The fraction of sp³-hybridized carbons (Fsp3) is 0.800. The fourth-order valence-electron chi connectivity index (χ4n) is 0.153. The molecule has 0 aromatic carbocycles. The Morgan fingerprint density at radius 3 is 1.75 bits per heavy atom. The van der Waals surface area contributed by atoms with Crippen molar-refractivity contribution >= 4 is 6.41 Å². The molecule has 1 amide bonds. The molecule has 0 fully saturated rings. The van der Waals surface area contributed by atoms with Crippen molar-refractivity contribution in [1.82, 2.24) is 5.32 Å². The standard InChI is InChI=1S/C5H10NO.Y/c1-5(2,3)6-4-7;/h1-3H3,(H,6,7);/q-1;. The van der Waals surface area contributed by atoms with Gasteiger partial charge in [0.25, 0.3) is 0 Å². The van der Waals surface area contributed by atoms with Crippen molar-refractivity contribution in [2.24, 2.45) is 0 Å². The van der Waals surface area contributed by atoms with Crippen LogP contribution in [0.3, 0.4) is 0 Å². The number of hydrogen-bond acceptors (Lipinski definition) is 1. The summed E-state index contributed by atoms with van der Waals surface area (Å²) in [6.07, 6.45) is 1.61. The fourth-order valence-corrected chi connectivity index (χ4v) is 0.153. The van der Waals surface area contributed by atoms with Gasteiger partial charge in [-0.1, -0.05) is 0 Å². The van der Waals surface area contributed by atoms with Gasteiger partial charge in [0.1, 0.15) is 0 Å². The van der Waals surface area contributed by atoms with Crippen LogP contribution in [0.15, 0.2) is 0 Å². The average Bonchev–Trinajstić information content (AvgIpc) is 1.30. The molecule has 0 heterocycles. The zero-order chi connectivity index (χ0) is 5.91. The van der Waals surface area contributed by atoms with Crippen molar-refractivity contribution in [3.05, 3.63) is 0 Å². The smallest absolute Gasteiger partial charge is 0.000490 e. The molecule has 0 aromatic heterocycles. The first kappa shape index (κ1) is 11.4. The minimum atomic E-state index is -0.123. The van der Waals surface area contributed by atoms with Crippen molar-refractivity contribution in [1.29, 1.82) is 0 Å². The number of amides is 1. The third kappa shape index (κ3) is 9.76. The molecule has 3 heteroatoms. The van der Waals surface area contributed by atoms with Gasteiger partial charge >= 0.3 is 0 Å². The van der Waals surface area contributed by atoms with Gasteiger partial charge in [0.05, 0.1) is 0 Å². The van der Waals surface area contributed by atoms with Gasteiger partial charge in [0.15, 0.2) is 0 Å². The molecule has 0 saturated heterocycles. The Labute approximate surface area is 75.3 Å². The van der Waals surface area contributed by atoms with E-state index in [1.165, 1.54) is 0 Å². The van der Waals surface area contributed by atoms with Crippen molar-refractivity contribution in [2.45, 2.75) is 26.3 Å². The third-order valence-electron chi connectivity index (χ3n) is 0.426. The van der Waals surface area contributed by atoms with Crippen LogP contribution in [0.4, 0.5) is 0 Å². The summed E-state index contributed by atoms with van der Waals surface area (Å²) in [6, 6.07) is 0. The molecule has 0 rings (SSSR count). The van der Waals surface area contributed by atoms with Crippen molar-refractivity contribution in [3.63, 3.8) is 0 Å². The molecule has 45 valence electrons. The second kappa shape index (κ2) is 4.45. The maximum Gasteiger partial charge on any atom is 0.000490 e. The van der Waals surface area contributed by atoms with E-state index >= 15 is 0 Å². The van der Waals surface area contributed by atoms with Crippen LogP contribution in [0.1, 0.15) is 20.8 Å². The van der Waals surface area contributed by atoms with E-state index < -0.39 is 0 Å². The Morgan fingerprint density at radius 1 is 1.38 bits per heavy atom. The van der Waals surface area contributed by atoms with E-state index in [2.05, 4.69) is 5.32 Å². The summed E-state index contributed by atoms with van der Waals surface area (Å²) in [5.41, 5.74) is -0.123. The topological polar surface area (TPSA) is 29.1 Å². The summed E-state index contributed by atoms with van der Waals surface area (Å²) in [4.78, 5) is 9.58. The molecule has 1 radical (unpaired) electrons. The molecule has 0 atom stereocenters. The van der Waals surface area contributed by atoms with Crippen molar-refractivity contribution < 1.29 is 37.5 Å². The first-order valence-electron chi connectivity index (χ1n) is 2.20. The molecular formula is C5H10NOY-. The summed E-state index contributed by atoms with van der Waals surface area (Å²) in [7, 11) is 0. The van der Waals surface area contributed by atoms with Crippen molar-refractivity contribution in [3.8, 4) is 0 Å². The predicted molar refractivity (Wildman–Crippen MR) is 28.6 cm³/mol. The Kier molecular flexibility index (Phi) is 6.33. The Balaban J connectivity index is 0. The van der Waals surface area contributed by atoms with Crippen molar-refractivity contribution in [2.75, 3.05) is 0 Å². The maximum atomic E-state index is 9.58. The quantitative estimate of drug-likeness (QED) is 0.470. The van der Waals surface area contributed by atoms with Crippen LogP contribution in [-0.4, -0.2) is 11.9 Å². The molecule has 0 spiro atoms. The number of rotatable bonds is 1. The van der Waals surface area contributed by atoms with Gasteiger partial charge < -0.3 is 10.1 Å². The molecule has 0 aliphatic carbocycles. The van der Waals surface area contributed by atoms with Gasteiger partial charge in [0, 0.05) is 38.2 Å². The second-order valence-electron chi connectivity index (χ2n) is 2.48. The third-order valence-corrected chi connectivity index (χ3v) is 0.426. The minimum absolute atomic E-state index is 0. The minimum Gasteiger partial charge on any atom is -0.526 e. The number of carbonyl (C=O) groups excluding carboxylic acids is 1. The first-order valence-corrected chi connectivity index (χ1v) is 2.20. The van der Waals surface area contributed by atoms with Gasteiger partial charge in [-0.3, -0.25) is 0 Å². The first-order chi connectivity index (χ1) is 3.06. The van der Waals surface area contributed by atoms with Crippen LogP contribution >= 0.6 is 0 Å². The average molecular weight is 189 g/mol. The monoisotopic (exact) mass is 189 g/mol. The van der Waals surface area contributed by atoms with Gasteiger partial charge in [-0.15, -0.1) is 0 Å². The van der Waals surface area contributed by atoms with Crippen LogP contribution in [0.5, 0.6) is 0 Å². The molecule has 0 bridgehead atoms. The van der Waals surface area contributed by atoms with E-state index in [0.29, 0.717) is 0 Å². The van der Waals surface area contributed by atoms with Gasteiger partial charge in [-0.25, -0.2) is 0 Å². The van der Waals surface area contributed by atoms with E-state index in [4.69, 9.17) is 0 Å². The van der Waals surface area contributed by atoms with Gasteiger partial charge in [0.2, 0.25) is 0 Å². The number of hydrogen-bond donors (Lipinski definition) is 1.